The van der Waals surface area contributed by atoms with Crippen molar-refractivity contribution >= 4 is 17.5 Å². The second kappa shape index (κ2) is 5.48. The molecule has 0 aliphatic carbocycles. The minimum atomic E-state index is -0.516. The Morgan fingerprint density at radius 2 is 2.10 bits per heavy atom. The highest BCUT2D eigenvalue weighted by molar-refractivity contribution is 6.01. The highest BCUT2D eigenvalue weighted by Gasteiger charge is 2.35. The first-order valence-electron chi connectivity index (χ1n) is 6.49. The molecule has 108 valence electrons. The Hall–Kier alpha value is -2.11. The molecule has 0 aromatic heterocycles. The largest absolute Gasteiger partial charge is 0.398 e. The third-order valence-electron chi connectivity index (χ3n) is 3.49. The summed E-state index contributed by atoms with van der Waals surface area (Å²) in [5.74, 6) is -1.03. The van der Waals surface area contributed by atoms with Crippen molar-refractivity contribution in [2.45, 2.75) is 18.9 Å². The summed E-state index contributed by atoms with van der Waals surface area (Å²) >= 11 is 0. The van der Waals surface area contributed by atoms with E-state index in [-0.39, 0.29) is 23.1 Å². The maximum Gasteiger partial charge on any atom is 0.256 e. The minimum absolute atomic E-state index is 0.114. The van der Waals surface area contributed by atoms with Crippen LogP contribution in [0.15, 0.2) is 18.2 Å². The van der Waals surface area contributed by atoms with Gasteiger partial charge < -0.3 is 15.5 Å². The summed E-state index contributed by atoms with van der Waals surface area (Å²) in [5, 5.41) is 0. The number of nitrogen functional groups attached to an aromatic ring is 1. The Morgan fingerprint density at radius 1 is 1.40 bits per heavy atom. The number of anilines is 1. The first kappa shape index (κ1) is 14.3. The van der Waals surface area contributed by atoms with Crippen LogP contribution in [-0.4, -0.2) is 48.3 Å². The van der Waals surface area contributed by atoms with Gasteiger partial charge in [-0.3, -0.25) is 9.59 Å². The van der Waals surface area contributed by atoms with Crippen LogP contribution in [0.1, 0.15) is 23.2 Å². The number of hydrogen-bond donors (Lipinski definition) is 1. The lowest BCUT2D eigenvalue weighted by molar-refractivity contribution is -0.132. The zero-order valence-electron chi connectivity index (χ0n) is 11.6. The van der Waals surface area contributed by atoms with Crippen LogP contribution >= 0.6 is 0 Å². The Bertz CT molecular complexity index is 545. The smallest absolute Gasteiger partial charge is 0.256 e. The number of carbonyl (C=O) groups is 2. The number of nitrogens with two attached hydrogens (primary N) is 1. The summed E-state index contributed by atoms with van der Waals surface area (Å²) in [7, 11) is 3.31. The molecule has 0 saturated carbocycles. The number of amides is 2. The molecule has 6 heteroatoms. The molecule has 1 saturated heterocycles. The molecule has 1 aliphatic heterocycles. The summed E-state index contributed by atoms with van der Waals surface area (Å²) in [5.41, 5.74) is 6.07. The van der Waals surface area contributed by atoms with Crippen molar-refractivity contribution in [1.82, 2.24) is 9.80 Å². The SMILES string of the molecule is CN(C)C(=O)C1CCCN1C(=O)c1cc(F)ccc1N. The van der Waals surface area contributed by atoms with Crippen LogP contribution in [0, 0.1) is 5.82 Å². The quantitative estimate of drug-likeness (QED) is 0.824. The number of benzene rings is 1. The molecule has 1 aliphatic rings. The van der Waals surface area contributed by atoms with Gasteiger partial charge in [-0.05, 0) is 31.0 Å². The lowest BCUT2D eigenvalue weighted by Crippen LogP contribution is -2.45. The van der Waals surface area contributed by atoms with E-state index in [9.17, 15) is 14.0 Å². The molecule has 1 aromatic rings. The molecule has 1 heterocycles. The van der Waals surface area contributed by atoms with E-state index in [1.807, 2.05) is 0 Å². The molecular formula is C14H18FN3O2. The van der Waals surface area contributed by atoms with Crippen molar-refractivity contribution < 1.29 is 14.0 Å². The van der Waals surface area contributed by atoms with Crippen LogP contribution in [0.2, 0.25) is 0 Å². The van der Waals surface area contributed by atoms with Crippen molar-refractivity contribution in [2.75, 3.05) is 26.4 Å². The van der Waals surface area contributed by atoms with Crippen molar-refractivity contribution in [1.29, 1.82) is 0 Å². The predicted molar refractivity (Wildman–Crippen MR) is 73.6 cm³/mol. The highest BCUT2D eigenvalue weighted by Crippen LogP contribution is 2.24. The highest BCUT2D eigenvalue weighted by atomic mass is 19.1. The van der Waals surface area contributed by atoms with Crippen LogP contribution in [0.3, 0.4) is 0 Å². The van der Waals surface area contributed by atoms with E-state index in [0.717, 1.165) is 12.5 Å². The standard InChI is InChI=1S/C14H18FN3O2/c1-17(2)14(20)12-4-3-7-18(12)13(19)10-8-9(15)5-6-11(10)16/h5-6,8,12H,3-4,7,16H2,1-2H3. The molecule has 2 rings (SSSR count). The van der Waals surface area contributed by atoms with Crippen molar-refractivity contribution in [3.63, 3.8) is 0 Å². The zero-order chi connectivity index (χ0) is 14.9. The Morgan fingerprint density at radius 3 is 2.75 bits per heavy atom. The zero-order valence-corrected chi connectivity index (χ0v) is 11.6. The van der Waals surface area contributed by atoms with E-state index in [1.165, 1.54) is 21.9 Å². The number of nitrogens with zero attached hydrogens (tertiary/aromatic N) is 2. The van der Waals surface area contributed by atoms with Crippen LogP contribution < -0.4 is 5.73 Å². The predicted octanol–water partition coefficient (Wildman–Crippen LogP) is 1.10. The summed E-state index contributed by atoms with van der Waals surface area (Å²) < 4.78 is 13.3. The molecule has 1 unspecified atom stereocenters. The van der Waals surface area contributed by atoms with Gasteiger partial charge >= 0.3 is 0 Å². The van der Waals surface area contributed by atoms with Gasteiger partial charge in [0.15, 0.2) is 0 Å². The van der Waals surface area contributed by atoms with Crippen LogP contribution in [-0.2, 0) is 4.79 Å². The number of halogens is 1. The maximum atomic E-state index is 13.3. The van der Waals surface area contributed by atoms with Gasteiger partial charge in [-0.2, -0.15) is 0 Å². The van der Waals surface area contributed by atoms with Gasteiger partial charge in [-0.15, -0.1) is 0 Å². The van der Waals surface area contributed by atoms with Gasteiger partial charge in [0.05, 0.1) is 5.56 Å². The van der Waals surface area contributed by atoms with E-state index < -0.39 is 11.9 Å². The fraction of sp³-hybridized carbons (Fsp3) is 0.429. The van der Waals surface area contributed by atoms with E-state index in [4.69, 9.17) is 5.73 Å². The molecular weight excluding hydrogens is 261 g/mol. The first-order valence-corrected chi connectivity index (χ1v) is 6.49. The van der Waals surface area contributed by atoms with Crippen molar-refractivity contribution in [2.24, 2.45) is 0 Å². The monoisotopic (exact) mass is 279 g/mol. The average molecular weight is 279 g/mol. The Labute approximate surface area is 117 Å². The number of likely N-dealkylation sites (N-methyl/N-ethyl adjacent to an activating group) is 1. The third kappa shape index (κ3) is 2.59. The molecule has 0 spiro atoms. The van der Waals surface area contributed by atoms with E-state index >= 15 is 0 Å². The Kier molecular flexibility index (Phi) is 3.92. The fourth-order valence-corrected chi connectivity index (χ4v) is 2.43. The topological polar surface area (TPSA) is 66.6 Å². The molecule has 1 fully saturated rings. The van der Waals surface area contributed by atoms with E-state index in [0.29, 0.717) is 13.0 Å². The van der Waals surface area contributed by atoms with Gasteiger partial charge in [0.2, 0.25) is 5.91 Å². The Balaban J connectivity index is 2.28. The third-order valence-corrected chi connectivity index (χ3v) is 3.49. The molecule has 2 N–H and O–H groups in total. The maximum absolute atomic E-state index is 13.3. The van der Waals surface area contributed by atoms with Crippen LogP contribution in [0.5, 0.6) is 0 Å². The van der Waals surface area contributed by atoms with Crippen molar-refractivity contribution in [3.8, 4) is 0 Å². The van der Waals surface area contributed by atoms with Gasteiger partial charge in [-0.25, -0.2) is 4.39 Å². The summed E-state index contributed by atoms with van der Waals surface area (Å²) in [6.45, 7) is 0.485. The molecule has 1 aromatic carbocycles. The molecule has 20 heavy (non-hydrogen) atoms. The molecule has 2 amide bonds. The van der Waals surface area contributed by atoms with E-state index in [2.05, 4.69) is 0 Å². The summed E-state index contributed by atoms with van der Waals surface area (Å²) in [4.78, 5) is 27.5. The molecule has 0 radical (unpaired) electrons. The summed E-state index contributed by atoms with van der Waals surface area (Å²) in [6.07, 6.45) is 1.38. The van der Waals surface area contributed by atoms with Crippen LogP contribution in [0.4, 0.5) is 10.1 Å². The number of carbonyl (C=O) groups excluding carboxylic acids is 2. The molecule has 5 nitrogen and oxygen atoms in total. The van der Waals surface area contributed by atoms with Gasteiger partial charge in [0.1, 0.15) is 11.9 Å². The first-order chi connectivity index (χ1) is 9.41. The normalized spacial score (nSPS) is 18.1. The number of likely N-dealkylation sites (tertiary alicyclic amines) is 1. The number of rotatable bonds is 2. The van der Waals surface area contributed by atoms with E-state index in [1.54, 1.807) is 14.1 Å². The van der Waals surface area contributed by atoms with Gasteiger partial charge in [0, 0.05) is 26.3 Å². The van der Waals surface area contributed by atoms with Crippen LogP contribution in [0.25, 0.3) is 0 Å². The fourth-order valence-electron chi connectivity index (χ4n) is 2.43. The van der Waals surface area contributed by atoms with Crippen molar-refractivity contribution in [3.05, 3.63) is 29.6 Å². The minimum Gasteiger partial charge on any atom is -0.398 e. The molecule has 1 atom stereocenters. The molecule has 0 bridgehead atoms. The lowest BCUT2D eigenvalue weighted by atomic mass is 10.1. The lowest BCUT2D eigenvalue weighted by Gasteiger charge is -2.26. The second-order valence-corrected chi connectivity index (χ2v) is 5.12. The van der Waals surface area contributed by atoms with Gasteiger partial charge in [0.25, 0.3) is 5.91 Å². The number of hydrogen-bond acceptors (Lipinski definition) is 3. The second-order valence-electron chi connectivity index (χ2n) is 5.12. The summed E-state index contributed by atoms with van der Waals surface area (Å²) in [6, 6.07) is 3.20. The van der Waals surface area contributed by atoms with Gasteiger partial charge in [-0.1, -0.05) is 0 Å². The average Bonchev–Trinajstić information content (AvgIpc) is 2.88.